The summed E-state index contributed by atoms with van der Waals surface area (Å²) in [6.07, 6.45) is 8.97. The number of carbonyl (C=O) groups excluding carboxylic acids is 1. The minimum Gasteiger partial charge on any atom is -0.513 e. The molecule has 186 valence electrons. The highest BCUT2D eigenvalue weighted by molar-refractivity contribution is 6.30. The van der Waals surface area contributed by atoms with E-state index in [1.165, 1.54) is 25.7 Å². The van der Waals surface area contributed by atoms with Crippen molar-refractivity contribution in [3.8, 4) is 5.75 Å². The Labute approximate surface area is 212 Å². The number of likely N-dealkylation sites (tertiary alicyclic amines) is 1. The summed E-state index contributed by atoms with van der Waals surface area (Å²) >= 11 is 5.98. The molecule has 1 aliphatic carbocycles. The van der Waals surface area contributed by atoms with Gasteiger partial charge in [0, 0.05) is 48.5 Å². The minimum atomic E-state index is -0.00230. The highest BCUT2D eigenvalue weighted by Gasteiger charge is 2.29. The molecule has 0 aromatic heterocycles. The van der Waals surface area contributed by atoms with Gasteiger partial charge < -0.3 is 24.5 Å². The van der Waals surface area contributed by atoms with Crippen LogP contribution in [0.3, 0.4) is 0 Å². The van der Waals surface area contributed by atoms with E-state index in [0.717, 1.165) is 55.2 Å². The Hall–Kier alpha value is -2.70. The van der Waals surface area contributed by atoms with Crippen LogP contribution in [0.1, 0.15) is 44.1 Å². The first-order chi connectivity index (χ1) is 17.1. The Morgan fingerprint density at radius 3 is 2.23 bits per heavy atom. The van der Waals surface area contributed by atoms with Gasteiger partial charge in [-0.15, -0.1) is 0 Å². The number of nitrogens with zero attached hydrogens (tertiary/aromatic N) is 3. The predicted molar refractivity (Wildman–Crippen MR) is 140 cm³/mol. The first-order valence-corrected chi connectivity index (χ1v) is 13.1. The maximum atomic E-state index is 13.0. The molecule has 3 aliphatic rings. The van der Waals surface area contributed by atoms with Crippen LogP contribution in [-0.4, -0.2) is 65.7 Å². The number of hydrogen-bond donors (Lipinski definition) is 1. The van der Waals surface area contributed by atoms with Gasteiger partial charge >= 0.3 is 0 Å². The molecule has 3 fully saturated rings. The van der Waals surface area contributed by atoms with Crippen molar-refractivity contribution in [2.24, 2.45) is 0 Å². The summed E-state index contributed by atoms with van der Waals surface area (Å²) in [6.45, 7) is 3.63. The summed E-state index contributed by atoms with van der Waals surface area (Å²) in [5.41, 5.74) is 2.32. The zero-order chi connectivity index (χ0) is 24.2. The first-order valence-electron chi connectivity index (χ1n) is 12.8. The average molecular weight is 496 g/mol. The third-order valence-electron chi connectivity index (χ3n) is 7.59. The van der Waals surface area contributed by atoms with E-state index >= 15 is 0 Å². The lowest BCUT2D eigenvalue weighted by atomic mass is 10.0. The van der Waals surface area contributed by atoms with E-state index < -0.39 is 0 Å². The van der Waals surface area contributed by atoms with E-state index in [9.17, 15) is 9.90 Å². The molecule has 0 spiro atoms. The van der Waals surface area contributed by atoms with Crippen molar-refractivity contribution >= 4 is 28.9 Å². The summed E-state index contributed by atoms with van der Waals surface area (Å²) < 4.78 is 6.27. The maximum absolute atomic E-state index is 13.0. The zero-order valence-corrected chi connectivity index (χ0v) is 20.9. The molecule has 2 aromatic rings. The molecule has 2 saturated heterocycles. The largest absolute Gasteiger partial charge is 0.513 e. The van der Waals surface area contributed by atoms with Crippen LogP contribution in [-0.2, 0) is 4.79 Å². The third kappa shape index (κ3) is 5.60. The fraction of sp³-hybridized carbons (Fsp3) is 0.464. The number of aliphatic hydroxyl groups excluding tert-OH is 1. The summed E-state index contributed by atoms with van der Waals surface area (Å²) in [6, 6.07) is 15.9. The molecule has 2 aliphatic heterocycles. The Morgan fingerprint density at radius 1 is 0.914 bits per heavy atom. The van der Waals surface area contributed by atoms with Crippen LogP contribution in [0.4, 0.5) is 5.69 Å². The quantitative estimate of drug-likeness (QED) is 0.549. The van der Waals surface area contributed by atoms with Crippen LogP contribution >= 0.6 is 11.6 Å². The smallest absolute Gasteiger partial charge is 0.246 e. The van der Waals surface area contributed by atoms with Crippen molar-refractivity contribution in [3.63, 3.8) is 0 Å². The van der Waals surface area contributed by atoms with Gasteiger partial charge in [0.25, 0.3) is 0 Å². The standard InChI is InChI=1S/C28H34ClN3O3/c29-22-7-5-21(6-8-22)27(20-33)31-17-18-32(28(34)19-31)24-9-11-25(12-10-24)35-26-13-15-30(16-14-26)23-3-1-2-4-23/h5-12,20,23,26,33H,1-4,13-19H2/b27-20-. The highest BCUT2D eigenvalue weighted by atomic mass is 35.5. The summed E-state index contributed by atoms with van der Waals surface area (Å²) in [5.74, 6) is 0.866. The maximum Gasteiger partial charge on any atom is 0.246 e. The van der Waals surface area contributed by atoms with Gasteiger partial charge in [0.1, 0.15) is 18.1 Å². The van der Waals surface area contributed by atoms with E-state index in [4.69, 9.17) is 16.3 Å². The second-order valence-corrected chi connectivity index (χ2v) is 10.2. The van der Waals surface area contributed by atoms with E-state index in [2.05, 4.69) is 4.90 Å². The SMILES string of the molecule is O=C1CN(/C(=C\O)c2ccc(Cl)cc2)CCN1c1ccc(OC2CCN(C3CCCC3)CC2)cc1. The molecule has 2 heterocycles. The van der Waals surface area contributed by atoms with Crippen LogP contribution in [0.15, 0.2) is 54.8 Å². The lowest BCUT2D eigenvalue weighted by Gasteiger charge is -2.37. The molecular weight excluding hydrogens is 462 g/mol. The van der Waals surface area contributed by atoms with E-state index in [0.29, 0.717) is 23.8 Å². The Bertz CT molecular complexity index is 1030. The van der Waals surface area contributed by atoms with Gasteiger partial charge in [-0.25, -0.2) is 0 Å². The van der Waals surface area contributed by atoms with Crippen molar-refractivity contribution in [1.82, 2.24) is 9.80 Å². The van der Waals surface area contributed by atoms with E-state index in [1.54, 1.807) is 17.0 Å². The molecule has 1 N–H and O–H groups in total. The van der Waals surface area contributed by atoms with Crippen molar-refractivity contribution in [2.75, 3.05) is 37.6 Å². The van der Waals surface area contributed by atoms with E-state index in [1.807, 2.05) is 41.3 Å². The fourth-order valence-corrected chi connectivity index (χ4v) is 5.76. The first kappa shape index (κ1) is 24.0. The number of anilines is 1. The molecule has 0 bridgehead atoms. The lowest BCUT2D eigenvalue weighted by Crippen LogP contribution is -2.49. The van der Waals surface area contributed by atoms with Crippen LogP contribution in [0, 0.1) is 0 Å². The number of piperidine rings is 1. The van der Waals surface area contributed by atoms with Gasteiger partial charge in [0.2, 0.25) is 5.91 Å². The van der Waals surface area contributed by atoms with Crippen molar-refractivity contribution < 1.29 is 14.6 Å². The number of amides is 1. The Balaban J connectivity index is 1.14. The van der Waals surface area contributed by atoms with Crippen LogP contribution in [0.5, 0.6) is 5.75 Å². The Kier molecular flexibility index (Phi) is 7.49. The molecule has 0 atom stereocenters. The molecule has 5 rings (SSSR count). The second-order valence-electron chi connectivity index (χ2n) is 9.77. The normalized spacial score (nSPS) is 21.1. The molecule has 2 aromatic carbocycles. The molecular formula is C28H34ClN3O3. The van der Waals surface area contributed by atoms with Crippen molar-refractivity contribution in [1.29, 1.82) is 0 Å². The van der Waals surface area contributed by atoms with Crippen LogP contribution in [0.2, 0.25) is 5.02 Å². The number of piperazine rings is 1. The second kappa shape index (κ2) is 10.9. The van der Waals surface area contributed by atoms with E-state index in [-0.39, 0.29) is 18.6 Å². The third-order valence-corrected chi connectivity index (χ3v) is 7.84. The number of rotatable bonds is 6. The predicted octanol–water partition coefficient (Wildman–Crippen LogP) is 5.33. The van der Waals surface area contributed by atoms with Gasteiger partial charge in [0.05, 0.1) is 12.2 Å². The average Bonchev–Trinajstić information content (AvgIpc) is 3.42. The molecule has 7 heteroatoms. The number of benzene rings is 2. The van der Waals surface area contributed by atoms with Crippen molar-refractivity contribution in [2.45, 2.75) is 50.7 Å². The van der Waals surface area contributed by atoms with Gasteiger partial charge in [-0.2, -0.15) is 0 Å². The van der Waals surface area contributed by atoms with Gasteiger partial charge in [-0.1, -0.05) is 36.6 Å². The molecule has 0 radical (unpaired) electrons. The summed E-state index contributed by atoms with van der Waals surface area (Å²) in [5, 5.41) is 10.5. The molecule has 6 nitrogen and oxygen atoms in total. The summed E-state index contributed by atoms with van der Waals surface area (Å²) in [7, 11) is 0. The highest BCUT2D eigenvalue weighted by Crippen LogP contribution is 2.29. The molecule has 0 unspecified atom stereocenters. The topological polar surface area (TPSA) is 56.3 Å². The monoisotopic (exact) mass is 495 g/mol. The van der Waals surface area contributed by atoms with Crippen LogP contribution < -0.4 is 9.64 Å². The number of aliphatic hydroxyl groups is 1. The number of ether oxygens (including phenoxy) is 1. The molecule has 35 heavy (non-hydrogen) atoms. The van der Waals surface area contributed by atoms with Gasteiger partial charge in [-0.3, -0.25) is 4.79 Å². The lowest BCUT2D eigenvalue weighted by molar-refractivity contribution is -0.120. The summed E-state index contributed by atoms with van der Waals surface area (Å²) in [4.78, 5) is 19.3. The van der Waals surface area contributed by atoms with Crippen molar-refractivity contribution in [3.05, 3.63) is 65.4 Å². The molecule has 1 amide bonds. The zero-order valence-electron chi connectivity index (χ0n) is 20.1. The number of halogens is 1. The van der Waals surface area contributed by atoms with Crippen LogP contribution in [0.25, 0.3) is 5.70 Å². The van der Waals surface area contributed by atoms with Gasteiger partial charge in [0.15, 0.2) is 0 Å². The Morgan fingerprint density at radius 2 is 1.60 bits per heavy atom. The van der Waals surface area contributed by atoms with Gasteiger partial charge in [-0.05, 0) is 62.1 Å². The number of carbonyl (C=O) groups is 1. The number of hydrogen-bond acceptors (Lipinski definition) is 5. The molecule has 1 saturated carbocycles. The minimum absolute atomic E-state index is 0.00230. The fourth-order valence-electron chi connectivity index (χ4n) is 5.64.